The molecule has 0 radical (unpaired) electrons. The number of nitrogen functional groups attached to an aromatic ring is 1. The number of hydrogen-bond donors (Lipinski definition) is 2. The van der Waals surface area contributed by atoms with Crippen LogP contribution in [0.5, 0.6) is 0 Å². The molecule has 0 aliphatic heterocycles. The number of carbonyl (C=O) groups excluding carboxylic acids is 1. The smallest absolute Gasteiger partial charge is 0.273 e. The standard InChI is InChI=1S/C11H18N4O/c1-2-13-11(16)10-9(12)7-15(14-10)8-5-3-4-6-8/h7-8H,2-6,12H2,1H3,(H,13,16). The summed E-state index contributed by atoms with van der Waals surface area (Å²) in [5, 5.41) is 7.00. The number of nitrogens with one attached hydrogen (secondary N) is 1. The van der Waals surface area contributed by atoms with Crippen LogP contribution in [0.15, 0.2) is 6.20 Å². The van der Waals surface area contributed by atoms with Crippen LogP contribution in [0.4, 0.5) is 5.69 Å². The zero-order valence-electron chi connectivity index (χ0n) is 9.57. The first-order valence-electron chi connectivity index (χ1n) is 5.85. The summed E-state index contributed by atoms with van der Waals surface area (Å²) in [6, 6.07) is 0.422. The lowest BCUT2D eigenvalue weighted by molar-refractivity contribution is 0.0950. The predicted molar refractivity (Wildman–Crippen MR) is 62.2 cm³/mol. The molecular formula is C11H18N4O. The van der Waals surface area contributed by atoms with E-state index in [2.05, 4.69) is 10.4 Å². The average molecular weight is 222 g/mol. The van der Waals surface area contributed by atoms with E-state index >= 15 is 0 Å². The molecule has 1 aromatic rings. The molecule has 2 rings (SSSR count). The van der Waals surface area contributed by atoms with Crippen LogP contribution in [0, 0.1) is 0 Å². The second kappa shape index (κ2) is 4.55. The van der Waals surface area contributed by atoms with Crippen molar-refractivity contribution in [2.45, 2.75) is 38.6 Å². The van der Waals surface area contributed by atoms with Gasteiger partial charge >= 0.3 is 0 Å². The van der Waals surface area contributed by atoms with E-state index in [1.807, 2.05) is 11.6 Å². The summed E-state index contributed by atoms with van der Waals surface area (Å²) in [5.74, 6) is -0.184. The van der Waals surface area contributed by atoms with Crippen molar-refractivity contribution in [3.05, 3.63) is 11.9 Å². The van der Waals surface area contributed by atoms with Gasteiger partial charge in [-0.2, -0.15) is 5.10 Å². The Balaban J connectivity index is 2.17. The molecule has 5 heteroatoms. The highest BCUT2D eigenvalue weighted by atomic mass is 16.1. The van der Waals surface area contributed by atoms with Crippen molar-refractivity contribution in [3.63, 3.8) is 0 Å². The third kappa shape index (κ3) is 2.03. The molecular weight excluding hydrogens is 204 g/mol. The minimum absolute atomic E-state index is 0.184. The topological polar surface area (TPSA) is 72.9 Å². The highest BCUT2D eigenvalue weighted by molar-refractivity contribution is 5.96. The van der Waals surface area contributed by atoms with Crippen LogP contribution in [0.25, 0.3) is 0 Å². The molecule has 0 bridgehead atoms. The lowest BCUT2D eigenvalue weighted by atomic mass is 10.3. The van der Waals surface area contributed by atoms with Crippen LogP contribution in [-0.2, 0) is 0 Å². The van der Waals surface area contributed by atoms with E-state index in [4.69, 9.17) is 5.73 Å². The third-order valence-electron chi connectivity index (χ3n) is 3.01. The minimum Gasteiger partial charge on any atom is -0.396 e. The van der Waals surface area contributed by atoms with Crippen molar-refractivity contribution in [1.29, 1.82) is 0 Å². The summed E-state index contributed by atoms with van der Waals surface area (Å²) in [7, 11) is 0. The van der Waals surface area contributed by atoms with Gasteiger partial charge in [0.2, 0.25) is 0 Å². The molecule has 1 aromatic heterocycles. The van der Waals surface area contributed by atoms with Gasteiger partial charge in [-0.15, -0.1) is 0 Å². The Morgan fingerprint density at radius 1 is 1.62 bits per heavy atom. The molecule has 16 heavy (non-hydrogen) atoms. The zero-order valence-corrected chi connectivity index (χ0v) is 9.57. The van der Waals surface area contributed by atoms with Gasteiger partial charge in [-0.25, -0.2) is 0 Å². The Labute approximate surface area is 95.0 Å². The maximum atomic E-state index is 11.6. The number of nitrogens with zero attached hydrogens (tertiary/aromatic N) is 2. The van der Waals surface area contributed by atoms with Gasteiger partial charge in [-0.3, -0.25) is 9.48 Å². The Morgan fingerprint density at radius 3 is 2.94 bits per heavy atom. The van der Waals surface area contributed by atoms with Crippen molar-refractivity contribution < 1.29 is 4.79 Å². The van der Waals surface area contributed by atoms with E-state index in [0.717, 1.165) is 12.8 Å². The van der Waals surface area contributed by atoms with Crippen LogP contribution in [0.3, 0.4) is 0 Å². The minimum atomic E-state index is -0.184. The molecule has 0 aromatic carbocycles. The molecule has 1 fully saturated rings. The summed E-state index contributed by atoms with van der Waals surface area (Å²) in [5.41, 5.74) is 6.62. The fourth-order valence-electron chi connectivity index (χ4n) is 2.18. The van der Waals surface area contributed by atoms with E-state index in [-0.39, 0.29) is 5.91 Å². The number of aromatic nitrogens is 2. The maximum Gasteiger partial charge on any atom is 0.273 e. The molecule has 0 saturated heterocycles. The quantitative estimate of drug-likeness (QED) is 0.810. The Bertz CT molecular complexity index is 379. The first-order valence-corrected chi connectivity index (χ1v) is 5.85. The lowest BCUT2D eigenvalue weighted by Gasteiger charge is -2.08. The second-order valence-corrected chi connectivity index (χ2v) is 4.21. The molecule has 5 nitrogen and oxygen atoms in total. The fourth-order valence-corrected chi connectivity index (χ4v) is 2.18. The largest absolute Gasteiger partial charge is 0.396 e. The molecule has 1 aliphatic rings. The highest BCUT2D eigenvalue weighted by Crippen LogP contribution is 2.29. The van der Waals surface area contributed by atoms with Crippen LogP contribution in [0.2, 0.25) is 0 Å². The van der Waals surface area contributed by atoms with Crippen LogP contribution < -0.4 is 11.1 Å². The van der Waals surface area contributed by atoms with E-state index in [0.29, 0.717) is 24.0 Å². The van der Waals surface area contributed by atoms with E-state index in [9.17, 15) is 4.79 Å². The monoisotopic (exact) mass is 222 g/mol. The molecule has 88 valence electrons. The lowest BCUT2D eigenvalue weighted by Crippen LogP contribution is -2.24. The van der Waals surface area contributed by atoms with Crippen molar-refractivity contribution in [1.82, 2.24) is 15.1 Å². The van der Waals surface area contributed by atoms with Crippen molar-refractivity contribution in [2.75, 3.05) is 12.3 Å². The Morgan fingerprint density at radius 2 is 2.31 bits per heavy atom. The van der Waals surface area contributed by atoms with Gasteiger partial charge < -0.3 is 11.1 Å². The van der Waals surface area contributed by atoms with Gasteiger partial charge in [0.25, 0.3) is 5.91 Å². The molecule has 1 amide bonds. The van der Waals surface area contributed by atoms with Gasteiger partial charge in [0, 0.05) is 12.7 Å². The summed E-state index contributed by atoms with van der Waals surface area (Å²) in [6.45, 7) is 2.47. The van der Waals surface area contributed by atoms with Gasteiger partial charge in [-0.1, -0.05) is 12.8 Å². The number of anilines is 1. The van der Waals surface area contributed by atoms with Crippen LogP contribution in [-0.4, -0.2) is 22.2 Å². The molecule has 0 unspecified atom stereocenters. The van der Waals surface area contributed by atoms with Gasteiger partial charge in [0.1, 0.15) is 0 Å². The van der Waals surface area contributed by atoms with Crippen LogP contribution >= 0.6 is 0 Å². The number of nitrogens with two attached hydrogens (primary N) is 1. The maximum absolute atomic E-state index is 11.6. The second-order valence-electron chi connectivity index (χ2n) is 4.21. The zero-order chi connectivity index (χ0) is 11.5. The normalized spacial score (nSPS) is 16.6. The predicted octanol–water partition coefficient (Wildman–Crippen LogP) is 1.33. The Hall–Kier alpha value is -1.52. The number of rotatable bonds is 3. The molecule has 1 heterocycles. The summed E-state index contributed by atoms with van der Waals surface area (Å²) < 4.78 is 1.85. The van der Waals surface area contributed by atoms with Gasteiger partial charge in [-0.05, 0) is 19.8 Å². The number of carbonyl (C=O) groups is 1. The number of hydrogen-bond acceptors (Lipinski definition) is 3. The molecule has 0 spiro atoms. The third-order valence-corrected chi connectivity index (χ3v) is 3.01. The molecule has 3 N–H and O–H groups in total. The average Bonchev–Trinajstić information content (AvgIpc) is 2.86. The van der Waals surface area contributed by atoms with Crippen molar-refractivity contribution in [2.24, 2.45) is 0 Å². The highest BCUT2D eigenvalue weighted by Gasteiger charge is 2.21. The molecule has 0 atom stereocenters. The fraction of sp³-hybridized carbons (Fsp3) is 0.636. The molecule has 1 aliphatic carbocycles. The van der Waals surface area contributed by atoms with E-state index in [1.165, 1.54) is 12.8 Å². The van der Waals surface area contributed by atoms with E-state index in [1.54, 1.807) is 6.20 Å². The first kappa shape index (κ1) is 11.0. The SMILES string of the molecule is CCNC(=O)c1nn(C2CCCC2)cc1N. The summed E-state index contributed by atoms with van der Waals surface area (Å²) in [6.07, 6.45) is 6.52. The van der Waals surface area contributed by atoms with Crippen LogP contribution in [0.1, 0.15) is 49.1 Å². The van der Waals surface area contributed by atoms with Crippen molar-refractivity contribution >= 4 is 11.6 Å². The van der Waals surface area contributed by atoms with E-state index < -0.39 is 0 Å². The van der Waals surface area contributed by atoms with Gasteiger partial charge in [0.15, 0.2) is 5.69 Å². The summed E-state index contributed by atoms with van der Waals surface area (Å²) in [4.78, 5) is 11.6. The molecule has 1 saturated carbocycles. The number of amides is 1. The Kier molecular flexibility index (Phi) is 3.12. The van der Waals surface area contributed by atoms with Crippen molar-refractivity contribution in [3.8, 4) is 0 Å². The van der Waals surface area contributed by atoms with Gasteiger partial charge in [0.05, 0.1) is 11.7 Å². The first-order chi connectivity index (χ1) is 7.72. The summed E-state index contributed by atoms with van der Waals surface area (Å²) >= 11 is 0.